The van der Waals surface area contributed by atoms with E-state index in [1.54, 1.807) is 0 Å². The highest BCUT2D eigenvalue weighted by Crippen LogP contribution is 2.06. The third kappa shape index (κ3) is 6.10. The number of carbonyl (C=O) groups excluding carboxylic acids is 1. The Morgan fingerprint density at radius 2 is 2.00 bits per heavy atom. The molecule has 0 amide bonds. The van der Waals surface area contributed by atoms with Gasteiger partial charge in [-0.15, -0.1) is 0 Å². The van der Waals surface area contributed by atoms with Crippen molar-refractivity contribution in [1.29, 1.82) is 0 Å². The maximum atomic E-state index is 11.4. The van der Waals surface area contributed by atoms with Crippen molar-refractivity contribution in [3.05, 3.63) is 0 Å². The zero-order valence-electron chi connectivity index (χ0n) is 8.95. The third-order valence-corrected chi connectivity index (χ3v) is 3.76. The van der Waals surface area contributed by atoms with E-state index in [2.05, 4.69) is 4.74 Å². The fraction of sp³-hybridized carbons (Fsp3) is 0.889. The van der Waals surface area contributed by atoms with Crippen molar-refractivity contribution in [3.8, 4) is 0 Å². The molecule has 0 aromatic heterocycles. The molecule has 0 aliphatic heterocycles. The minimum absolute atomic E-state index is 0.0823. The molecule has 0 aromatic rings. The predicted octanol–water partition coefficient (Wildman–Crippen LogP) is 0.663. The van der Waals surface area contributed by atoms with Gasteiger partial charge in [-0.1, -0.05) is 20.3 Å². The van der Waals surface area contributed by atoms with Gasteiger partial charge in [0.1, 0.15) is 12.4 Å². The number of methoxy groups -OCH3 is 1. The first-order valence-corrected chi connectivity index (χ1v) is 6.44. The Labute approximate surface area is 85.6 Å². The number of carbonyl (C=O) groups is 1. The molecule has 0 N–H and O–H groups in total. The van der Waals surface area contributed by atoms with Gasteiger partial charge in [0.2, 0.25) is 0 Å². The first kappa shape index (κ1) is 13.6. The summed E-state index contributed by atoms with van der Waals surface area (Å²) in [6.45, 7) is 3.66. The molecule has 5 heteroatoms. The Hall–Kier alpha value is -0.420. The van der Waals surface area contributed by atoms with E-state index < -0.39 is 15.6 Å². The molecule has 4 nitrogen and oxygen atoms in total. The van der Waals surface area contributed by atoms with Gasteiger partial charge in [-0.2, -0.15) is 0 Å². The van der Waals surface area contributed by atoms with Crippen LogP contribution in [0.2, 0.25) is 0 Å². The molecule has 84 valence electrons. The van der Waals surface area contributed by atoms with Gasteiger partial charge < -0.3 is 4.74 Å². The highest BCUT2D eigenvalue weighted by molar-refractivity contribution is 7.92. The van der Waals surface area contributed by atoms with Crippen molar-refractivity contribution >= 4 is 15.6 Å². The highest BCUT2D eigenvalue weighted by Gasteiger charge is 2.18. The summed E-state index contributed by atoms with van der Waals surface area (Å²) in [5.41, 5.74) is 0. The number of hydrogen-bond donors (Lipinski definition) is 0. The first-order valence-electron chi connectivity index (χ1n) is 4.62. The minimum Gasteiger partial charge on any atom is -0.377 e. The Morgan fingerprint density at radius 1 is 1.43 bits per heavy atom. The molecule has 0 bridgehead atoms. The number of ketones is 1. The maximum absolute atomic E-state index is 11.4. The van der Waals surface area contributed by atoms with Crippen LogP contribution in [-0.4, -0.2) is 39.4 Å². The van der Waals surface area contributed by atoms with Crippen molar-refractivity contribution in [3.63, 3.8) is 0 Å². The molecule has 0 fully saturated rings. The second-order valence-corrected chi connectivity index (χ2v) is 5.65. The van der Waals surface area contributed by atoms with Gasteiger partial charge in [0.25, 0.3) is 0 Å². The Kier molecular flexibility index (Phi) is 5.95. The number of hydrogen-bond acceptors (Lipinski definition) is 4. The van der Waals surface area contributed by atoms with Gasteiger partial charge >= 0.3 is 0 Å². The molecule has 0 radical (unpaired) electrons. The molecule has 0 rings (SSSR count). The van der Waals surface area contributed by atoms with Gasteiger partial charge in [-0.3, -0.25) is 4.79 Å². The lowest BCUT2D eigenvalue weighted by molar-refractivity contribution is -0.120. The van der Waals surface area contributed by atoms with E-state index in [-0.39, 0.29) is 24.1 Å². The van der Waals surface area contributed by atoms with Crippen LogP contribution in [0.1, 0.15) is 20.3 Å². The molecular formula is C9H18O4S. The van der Waals surface area contributed by atoms with E-state index in [4.69, 9.17) is 0 Å². The number of rotatable bonds is 7. The second-order valence-electron chi connectivity index (χ2n) is 3.54. The molecule has 14 heavy (non-hydrogen) atoms. The van der Waals surface area contributed by atoms with Crippen molar-refractivity contribution in [2.75, 3.05) is 25.2 Å². The fourth-order valence-corrected chi connectivity index (χ4v) is 2.85. The molecule has 0 aliphatic rings. The van der Waals surface area contributed by atoms with E-state index in [0.717, 1.165) is 6.42 Å². The predicted molar refractivity (Wildman–Crippen MR) is 55.0 cm³/mol. The van der Waals surface area contributed by atoms with E-state index in [9.17, 15) is 13.2 Å². The monoisotopic (exact) mass is 222 g/mol. The summed E-state index contributed by atoms with van der Waals surface area (Å²) in [5.74, 6) is -0.587. The summed E-state index contributed by atoms with van der Waals surface area (Å²) in [5, 5.41) is 0. The first-order chi connectivity index (χ1) is 6.41. The summed E-state index contributed by atoms with van der Waals surface area (Å²) >= 11 is 0. The van der Waals surface area contributed by atoms with Crippen LogP contribution < -0.4 is 0 Å². The van der Waals surface area contributed by atoms with E-state index in [0.29, 0.717) is 0 Å². The van der Waals surface area contributed by atoms with Crippen LogP contribution >= 0.6 is 0 Å². The standard InChI is InChI=1S/C9H18O4S/c1-4-8(2)6-14(11,12)7-9(10)5-13-3/h8H,4-7H2,1-3H3. The van der Waals surface area contributed by atoms with Crippen LogP contribution in [0.3, 0.4) is 0 Å². The molecule has 0 aromatic carbocycles. The molecule has 0 spiro atoms. The van der Waals surface area contributed by atoms with Crippen LogP contribution in [-0.2, 0) is 19.4 Å². The maximum Gasteiger partial charge on any atom is 0.173 e. The van der Waals surface area contributed by atoms with Gasteiger partial charge in [-0.05, 0) is 5.92 Å². The number of Topliss-reactive ketones (excluding diaryl/α,β-unsaturated/α-hetero) is 1. The van der Waals surface area contributed by atoms with Gasteiger partial charge in [-0.25, -0.2) is 8.42 Å². The van der Waals surface area contributed by atoms with Crippen LogP contribution in [0.4, 0.5) is 0 Å². The Bertz CT molecular complexity index is 269. The molecule has 0 aliphatic carbocycles. The van der Waals surface area contributed by atoms with E-state index in [1.165, 1.54) is 7.11 Å². The lowest BCUT2D eigenvalue weighted by atomic mass is 10.2. The molecule has 1 unspecified atom stereocenters. The summed E-state index contributed by atoms with van der Waals surface area (Å²) < 4.78 is 27.4. The Morgan fingerprint density at radius 3 is 2.43 bits per heavy atom. The van der Waals surface area contributed by atoms with E-state index >= 15 is 0 Å². The highest BCUT2D eigenvalue weighted by atomic mass is 32.2. The SMILES string of the molecule is CCC(C)CS(=O)(=O)CC(=O)COC. The van der Waals surface area contributed by atoms with Gasteiger partial charge in [0.15, 0.2) is 15.6 Å². The van der Waals surface area contributed by atoms with Crippen LogP contribution in [0, 0.1) is 5.92 Å². The Balaban J connectivity index is 4.14. The topological polar surface area (TPSA) is 60.4 Å². The average Bonchev–Trinajstić information content (AvgIpc) is 2.02. The van der Waals surface area contributed by atoms with Crippen molar-refractivity contribution in [2.24, 2.45) is 5.92 Å². The summed E-state index contributed by atoms with van der Waals surface area (Å²) in [4.78, 5) is 11.0. The summed E-state index contributed by atoms with van der Waals surface area (Å²) in [6.07, 6.45) is 0.803. The molecule has 0 heterocycles. The number of sulfone groups is 1. The van der Waals surface area contributed by atoms with E-state index in [1.807, 2.05) is 13.8 Å². The second kappa shape index (κ2) is 6.14. The van der Waals surface area contributed by atoms with Crippen molar-refractivity contribution < 1.29 is 17.9 Å². The largest absolute Gasteiger partial charge is 0.377 e. The quantitative estimate of drug-likeness (QED) is 0.635. The fourth-order valence-electron chi connectivity index (χ4n) is 1.06. The smallest absolute Gasteiger partial charge is 0.173 e. The average molecular weight is 222 g/mol. The lowest BCUT2D eigenvalue weighted by Crippen LogP contribution is -2.24. The van der Waals surface area contributed by atoms with Gasteiger partial charge in [0.05, 0.1) is 5.75 Å². The lowest BCUT2D eigenvalue weighted by Gasteiger charge is -2.08. The molecule has 1 atom stereocenters. The molecular weight excluding hydrogens is 204 g/mol. The molecule has 0 saturated carbocycles. The zero-order chi connectivity index (χ0) is 11.2. The minimum atomic E-state index is -3.24. The van der Waals surface area contributed by atoms with Gasteiger partial charge in [0, 0.05) is 7.11 Å². The normalized spacial score (nSPS) is 13.9. The number of ether oxygens (including phenoxy) is 1. The zero-order valence-corrected chi connectivity index (χ0v) is 9.76. The molecule has 0 saturated heterocycles. The van der Waals surface area contributed by atoms with Crippen LogP contribution in [0.5, 0.6) is 0 Å². The van der Waals surface area contributed by atoms with Crippen molar-refractivity contribution in [1.82, 2.24) is 0 Å². The summed E-state index contributed by atoms with van der Waals surface area (Å²) in [7, 11) is -1.87. The third-order valence-electron chi connectivity index (χ3n) is 1.92. The van der Waals surface area contributed by atoms with Crippen molar-refractivity contribution in [2.45, 2.75) is 20.3 Å². The van der Waals surface area contributed by atoms with Crippen LogP contribution in [0.15, 0.2) is 0 Å². The van der Waals surface area contributed by atoms with Crippen LogP contribution in [0.25, 0.3) is 0 Å². The summed E-state index contributed by atoms with van der Waals surface area (Å²) in [6, 6.07) is 0.